The number of allylic oxidation sites excluding steroid dienone is 2. The van der Waals surface area contributed by atoms with Gasteiger partial charge in [0.2, 0.25) is 5.91 Å². The van der Waals surface area contributed by atoms with Crippen LogP contribution in [0.4, 0.5) is 5.69 Å². The Balaban J connectivity index is 1.53. The van der Waals surface area contributed by atoms with Crippen molar-refractivity contribution in [2.24, 2.45) is 23.7 Å². The predicted molar refractivity (Wildman–Crippen MR) is 99.9 cm³/mol. The van der Waals surface area contributed by atoms with Gasteiger partial charge in [0.05, 0.1) is 33.9 Å². The molecule has 0 aliphatic heterocycles. The molecule has 1 saturated carbocycles. The number of aromatic nitrogens is 1. The van der Waals surface area contributed by atoms with E-state index < -0.39 is 17.8 Å². The van der Waals surface area contributed by atoms with Crippen LogP contribution in [-0.4, -0.2) is 27.7 Å². The number of carbonyl (C=O) groups is 2. The predicted octanol–water partition coefficient (Wildman–Crippen LogP) is 3.37. The second-order valence-corrected chi connectivity index (χ2v) is 8.69. The molecule has 6 nitrogen and oxygen atoms in total. The van der Waals surface area contributed by atoms with Crippen LogP contribution in [0.1, 0.15) is 6.42 Å². The van der Waals surface area contributed by atoms with E-state index in [-0.39, 0.29) is 17.7 Å². The molecule has 2 aliphatic carbocycles. The zero-order valence-corrected chi connectivity index (χ0v) is 15.2. The lowest BCUT2D eigenvalue weighted by molar-refractivity contribution is -0.146. The van der Waals surface area contributed by atoms with Crippen molar-refractivity contribution in [1.29, 1.82) is 5.26 Å². The van der Waals surface area contributed by atoms with E-state index in [1.807, 2.05) is 24.3 Å². The van der Waals surface area contributed by atoms with Crippen molar-refractivity contribution in [2.45, 2.75) is 10.8 Å². The average Bonchev–Trinajstić information content (AvgIpc) is 3.32. The van der Waals surface area contributed by atoms with Gasteiger partial charge in [0.1, 0.15) is 0 Å². The first-order valence-corrected chi connectivity index (χ1v) is 9.99. The number of rotatable bonds is 5. The highest BCUT2D eigenvalue weighted by molar-refractivity contribution is 8.01. The molecule has 1 aromatic heterocycles. The van der Waals surface area contributed by atoms with Crippen molar-refractivity contribution < 1.29 is 14.7 Å². The first kappa shape index (κ1) is 17.1. The summed E-state index contributed by atoms with van der Waals surface area (Å²) in [5.74, 6) is -2.01. The number of nitrogens with one attached hydrogen (secondary N) is 1. The van der Waals surface area contributed by atoms with Gasteiger partial charge in [-0.15, -0.1) is 11.3 Å². The summed E-state index contributed by atoms with van der Waals surface area (Å²) in [7, 11) is 0. The van der Waals surface area contributed by atoms with E-state index in [1.165, 1.54) is 23.1 Å². The molecule has 2 aromatic rings. The number of hydrogen-bond acceptors (Lipinski definition) is 6. The average molecular weight is 385 g/mol. The molecule has 0 saturated heterocycles. The molecule has 2 N–H and O–H groups in total. The van der Waals surface area contributed by atoms with Crippen LogP contribution in [0.2, 0.25) is 0 Å². The summed E-state index contributed by atoms with van der Waals surface area (Å²) in [6, 6.07) is 7.52. The summed E-state index contributed by atoms with van der Waals surface area (Å²) in [4.78, 5) is 28.8. The molecular formula is C18H15N3O3S2. The Kier molecular flexibility index (Phi) is 4.42. The fourth-order valence-electron chi connectivity index (χ4n) is 3.88. The second-order valence-electron chi connectivity index (χ2n) is 6.44. The van der Waals surface area contributed by atoms with E-state index in [0.29, 0.717) is 11.4 Å². The van der Waals surface area contributed by atoms with Gasteiger partial charge in [-0.25, -0.2) is 4.98 Å². The van der Waals surface area contributed by atoms with Crippen LogP contribution >= 0.6 is 23.1 Å². The summed E-state index contributed by atoms with van der Waals surface area (Å²) in [6.45, 7) is 0. The maximum atomic E-state index is 12.7. The molecule has 0 spiro atoms. The minimum Gasteiger partial charge on any atom is -0.481 e. The van der Waals surface area contributed by atoms with E-state index in [9.17, 15) is 14.7 Å². The van der Waals surface area contributed by atoms with E-state index in [2.05, 4.69) is 16.4 Å². The number of nitrogens with zero attached hydrogens (tertiary/aromatic N) is 2. The van der Waals surface area contributed by atoms with Crippen LogP contribution in [-0.2, 0) is 9.59 Å². The number of fused-ring (bicyclic) bond motifs is 3. The van der Waals surface area contributed by atoms with Gasteiger partial charge >= 0.3 is 5.97 Å². The number of aliphatic carboxylic acids is 1. The summed E-state index contributed by atoms with van der Waals surface area (Å²) >= 11 is 2.86. The van der Waals surface area contributed by atoms with Gasteiger partial charge in [0.25, 0.3) is 0 Å². The third kappa shape index (κ3) is 2.97. The van der Waals surface area contributed by atoms with Gasteiger partial charge in [-0.05, 0) is 36.5 Å². The minimum atomic E-state index is -0.904. The summed E-state index contributed by atoms with van der Waals surface area (Å²) in [5, 5.41) is 21.0. The standard InChI is InChI=1S/C18H15N3O3S2/c19-5-6-25-18-21-12-4-3-11(8-13(12)26-18)20-16(22)14-9-1-2-10(7-9)15(14)17(23)24/h1-4,8-10,14-15H,6-7H2,(H,20,22)(H,23,24)/t9-,10-,14-,15-/m0/s1. The molecule has 8 heteroatoms. The first-order valence-electron chi connectivity index (χ1n) is 8.19. The molecular weight excluding hydrogens is 370 g/mol. The van der Waals surface area contributed by atoms with E-state index >= 15 is 0 Å². The van der Waals surface area contributed by atoms with Crippen LogP contribution in [0.25, 0.3) is 10.2 Å². The Morgan fingerprint density at radius 2 is 2.12 bits per heavy atom. The Morgan fingerprint density at radius 3 is 2.85 bits per heavy atom. The van der Waals surface area contributed by atoms with Gasteiger partial charge < -0.3 is 10.4 Å². The van der Waals surface area contributed by atoms with Crippen molar-refractivity contribution in [3.05, 3.63) is 30.4 Å². The highest BCUT2D eigenvalue weighted by Gasteiger charge is 2.51. The molecule has 0 radical (unpaired) electrons. The molecule has 1 amide bonds. The van der Waals surface area contributed by atoms with Gasteiger partial charge in [0, 0.05) is 5.69 Å². The number of benzene rings is 1. The number of carboxylic acid groups (broad SMARTS) is 1. The smallest absolute Gasteiger partial charge is 0.307 e. The number of thiazole rings is 1. The van der Waals surface area contributed by atoms with Gasteiger partial charge in [0.15, 0.2) is 4.34 Å². The van der Waals surface area contributed by atoms with E-state index in [0.717, 1.165) is 21.0 Å². The van der Waals surface area contributed by atoms with Crippen molar-refractivity contribution in [1.82, 2.24) is 4.98 Å². The SMILES string of the molecule is N#CCSc1nc2ccc(NC(=O)[C@@H]3[C@@H](C(=O)O)[C@H]4C=C[C@H]3C4)cc2s1. The first-order chi connectivity index (χ1) is 12.6. The quantitative estimate of drug-likeness (QED) is 0.604. The summed E-state index contributed by atoms with van der Waals surface area (Å²) in [5.41, 5.74) is 1.46. The van der Waals surface area contributed by atoms with E-state index in [4.69, 9.17) is 5.26 Å². The van der Waals surface area contributed by atoms with Crippen molar-refractivity contribution in [2.75, 3.05) is 11.1 Å². The number of carbonyl (C=O) groups excluding carboxylic acids is 1. The van der Waals surface area contributed by atoms with Gasteiger partial charge in [-0.3, -0.25) is 9.59 Å². The van der Waals surface area contributed by atoms with Gasteiger partial charge in [-0.2, -0.15) is 5.26 Å². The Morgan fingerprint density at radius 1 is 1.35 bits per heavy atom. The minimum absolute atomic E-state index is 0.00206. The maximum absolute atomic E-state index is 12.7. The third-order valence-corrected chi connectivity index (χ3v) is 6.97. The normalized spacial score (nSPS) is 26.1. The number of carboxylic acids is 1. The lowest BCUT2D eigenvalue weighted by atomic mass is 9.82. The monoisotopic (exact) mass is 385 g/mol. The molecule has 1 aromatic carbocycles. The van der Waals surface area contributed by atoms with Crippen molar-refractivity contribution in [3.8, 4) is 6.07 Å². The lowest BCUT2D eigenvalue weighted by Crippen LogP contribution is -2.36. The van der Waals surface area contributed by atoms with Crippen LogP contribution in [0.15, 0.2) is 34.7 Å². The molecule has 4 atom stereocenters. The molecule has 1 heterocycles. The topological polar surface area (TPSA) is 103 Å². The molecule has 26 heavy (non-hydrogen) atoms. The number of nitriles is 1. The highest BCUT2D eigenvalue weighted by Crippen LogP contribution is 2.48. The van der Waals surface area contributed by atoms with Crippen molar-refractivity contribution >= 4 is 50.9 Å². The molecule has 2 aliphatic rings. The fraction of sp³-hybridized carbons (Fsp3) is 0.333. The Bertz CT molecular complexity index is 962. The molecule has 4 rings (SSSR count). The van der Waals surface area contributed by atoms with Gasteiger partial charge in [-0.1, -0.05) is 23.9 Å². The zero-order chi connectivity index (χ0) is 18.3. The largest absolute Gasteiger partial charge is 0.481 e. The molecule has 0 unspecified atom stereocenters. The van der Waals surface area contributed by atoms with Crippen LogP contribution in [0, 0.1) is 35.0 Å². The number of thioether (sulfide) groups is 1. The highest BCUT2D eigenvalue weighted by atomic mass is 32.2. The van der Waals surface area contributed by atoms with Crippen molar-refractivity contribution in [3.63, 3.8) is 0 Å². The summed E-state index contributed by atoms with van der Waals surface area (Å²) < 4.78 is 1.74. The third-order valence-electron chi connectivity index (χ3n) is 4.94. The number of anilines is 1. The van der Waals surface area contributed by atoms with Crippen LogP contribution < -0.4 is 5.32 Å². The second kappa shape index (κ2) is 6.74. The number of hydrogen-bond donors (Lipinski definition) is 2. The Hall–Kier alpha value is -2.37. The molecule has 132 valence electrons. The molecule has 2 bridgehead atoms. The fourth-order valence-corrected chi connectivity index (χ4v) is 5.65. The summed E-state index contributed by atoms with van der Waals surface area (Å²) in [6.07, 6.45) is 4.64. The lowest BCUT2D eigenvalue weighted by Gasteiger charge is -2.23. The maximum Gasteiger partial charge on any atom is 0.307 e. The van der Waals surface area contributed by atoms with Crippen LogP contribution in [0.5, 0.6) is 0 Å². The van der Waals surface area contributed by atoms with Crippen LogP contribution in [0.3, 0.4) is 0 Å². The van der Waals surface area contributed by atoms with E-state index in [1.54, 1.807) is 6.07 Å². The zero-order valence-electron chi connectivity index (χ0n) is 13.6. The Labute approximate surface area is 157 Å². The molecule has 1 fully saturated rings. The number of amides is 1.